The maximum absolute atomic E-state index is 12.3. The van der Waals surface area contributed by atoms with Crippen LogP contribution in [0.5, 0.6) is 5.75 Å². The molecule has 1 N–H and O–H groups in total. The van der Waals surface area contributed by atoms with Crippen molar-refractivity contribution in [3.05, 3.63) is 59.7 Å². The number of nitrogens with one attached hydrogen (secondary N) is 1. The number of rotatable bonds is 2. The number of carbonyl (C=O) groups excluding carboxylic acids is 1. The summed E-state index contributed by atoms with van der Waals surface area (Å²) in [5.74, 6) is 1.04. The van der Waals surface area contributed by atoms with E-state index in [4.69, 9.17) is 4.74 Å². The fourth-order valence-corrected chi connectivity index (χ4v) is 2.92. The van der Waals surface area contributed by atoms with Gasteiger partial charge in [0.05, 0.1) is 7.11 Å². The molecule has 0 saturated heterocycles. The molecule has 0 radical (unpaired) electrons. The van der Waals surface area contributed by atoms with Crippen LogP contribution in [-0.4, -0.2) is 13.0 Å². The second kappa shape index (κ2) is 5.60. The van der Waals surface area contributed by atoms with Crippen molar-refractivity contribution in [3.8, 4) is 5.75 Å². The lowest BCUT2D eigenvalue weighted by molar-refractivity contribution is -0.119. The first kappa shape index (κ1) is 13.7. The summed E-state index contributed by atoms with van der Waals surface area (Å²) in [6.07, 6.45) is 0.864. The number of benzene rings is 2. The van der Waals surface area contributed by atoms with Gasteiger partial charge in [-0.05, 0) is 41.7 Å². The van der Waals surface area contributed by atoms with E-state index in [2.05, 4.69) is 23.5 Å². The third kappa shape index (κ3) is 2.64. The Balaban J connectivity index is 1.98. The highest BCUT2D eigenvalue weighted by atomic mass is 16.5. The minimum atomic E-state index is -0.0641. The predicted octanol–water partition coefficient (Wildman–Crippen LogP) is 3.61. The second-order valence-electron chi connectivity index (χ2n) is 5.52. The van der Waals surface area contributed by atoms with Gasteiger partial charge in [-0.25, -0.2) is 0 Å². The molecule has 1 heterocycles. The highest BCUT2D eigenvalue weighted by Gasteiger charge is 2.29. The van der Waals surface area contributed by atoms with Crippen LogP contribution in [0.4, 0.5) is 5.69 Å². The van der Waals surface area contributed by atoms with Gasteiger partial charge in [0.2, 0.25) is 5.91 Å². The van der Waals surface area contributed by atoms with Gasteiger partial charge in [0, 0.05) is 11.6 Å². The van der Waals surface area contributed by atoms with Crippen LogP contribution in [0.1, 0.15) is 24.0 Å². The van der Waals surface area contributed by atoms with Gasteiger partial charge in [-0.2, -0.15) is 0 Å². The maximum atomic E-state index is 12.3. The number of para-hydroxylation sites is 1. The smallest absolute Gasteiger partial charge is 0.227 e. The summed E-state index contributed by atoms with van der Waals surface area (Å²) >= 11 is 0. The number of hydrogen-bond acceptors (Lipinski definition) is 2. The minimum absolute atomic E-state index is 0.0641. The molecule has 1 amide bonds. The van der Waals surface area contributed by atoms with Crippen LogP contribution >= 0.6 is 0 Å². The fraction of sp³-hybridized carbons (Fsp3) is 0.278. The molecule has 0 spiro atoms. The van der Waals surface area contributed by atoms with Crippen molar-refractivity contribution in [2.24, 2.45) is 5.92 Å². The molecular formula is C18H19NO2. The summed E-state index contributed by atoms with van der Waals surface area (Å²) < 4.78 is 5.21. The number of anilines is 1. The lowest BCUT2D eigenvalue weighted by atomic mass is 9.83. The fourth-order valence-electron chi connectivity index (χ4n) is 2.92. The van der Waals surface area contributed by atoms with Crippen LogP contribution in [-0.2, 0) is 11.2 Å². The first-order chi connectivity index (χ1) is 10.2. The highest BCUT2D eigenvalue weighted by Crippen LogP contribution is 2.35. The van der Waals surface area contributed by atoms with E-state index in [-0.39, 0.29) is 17.7 Å². The third-order valence-corrected chi connectivity index (χ3v) is 4.28. The molecule has 2 atom stereocenters. The molecule has 2 aromatic rings. The number of carbonyl (C=O) groups is 1. The van der Waals surface area contributed by atoms with E-state index >= 15 is 0 Å². The summed E-state index contributed by atoms with van der Waals surface area (Å²) in [5.41, 5.74) is 3.30. The first-order valence-corrected chi connectivity index (χ1v) is 7.22. The molecule has 0 bridgehead atoms. The normalized spacial score (nSPS) is 21.1. The molecule has 3 nitrogen and oxygen atoms in total. The van der Waals surface area contributed by atoms with Crippen molar-refractivity contribution in [2.75, 3.05) is 12.4 Å². The lowest BCUT2D eigenvalue weighted by Crippen LogP contribution is -2.24. The molecule has 0 unspecified atom stereocenters. The zero-order valence-corrected chi connectivity index (χ0v) is 12.3. The van der Waals surface area contributed by atoms with Crippen LogP contribution in [0, 0.1) is 5.92 Å². The molecule has 1 aliphatic rings. The maximum Gasteiger partial charge on any atom is 0.227 e. The van der Waals surface area contributed by atoms with E-state index in [1.807, 2.05) is 37.3 Å². The van der Waals surface area contributed by atoms with Gasteiger partial charge in [0.1, 0.15) is 5.75 Å². The van der Waals surface area contributed by atoms with Crippen molar-refractivity contribution >= 4 is 11.6 Å². The quantitative estimate of drug-likeness (QED) is 0.913. The molecule has 0 aliphatic carbocycles. The largest absolute Gasteiger partial charge is 0.497 e. The first-order valence-electron chi connectivity index (χ1n) is 7.22. The SMILES string of the molecule is COc1ccc([C@H]2Cc3ccccc3NC(=O)[C@H]2C)cc1. The van der Waals surface area contributed by atoms with Gasteiger partial charge in [-0.15, -0.1) is 0 Å². The van der Waals surface area contributed by atoms with Crippen molar-refractivity contribution < 1.29 is 9.53 Å². The van der Waals surface area contributed by atoms with Gasteiger partial charge in [0.15, 0.2) is 0 Å². The summed E-state index contributed by atoms with van der Waals surface area (Å²) in [6, 6.07) is 16.1. The monoisotopic (exact) mass is 281 g/mol. The molecule has 1 aliphatic heterocycles. The molecule has 3 rings (SSSR count). The van der Waals surface area contributed by atoms with Gasteiger partial charge in [-0.1, -0.05) is 37.3 Å². The lowest BCUT2D eigenvalue weighted by Gasteiger charge is -2.20. The standard InChI is InChI=1S/C18H19NO2/c1-12-16(13-7-9-15(21-2)10-8-13)11-14-5-3-4-6-17(14)19-18(12)20/h3-10,12,16H,11H2,1-2H3,(H,19,20)/t12-,16-/m0/s1. The molecule has 108 valence electrons. The zero-order chi connectivity index (χ0) is 14.8. The highest BCUT2D eigenvalue weighted by molar-refractivity contribution is 5.94. The van der Waals surface area contributed by atoms with Gasteiger partial charge < -0.3 is 10.1 Å². The van der Waals surface area contributed by atoms with Crippen LogP contribution in [0.15, 0.2) is 48.5 Å². The molecule has 3 heteroatoms. The predicted molar refractivity (Wildman–Crippen MR) is 83.7 cm³/mol. The topological polar surface area (TPSA) is 38.3 Å². The number of ether oxygens (including phenoxy) is 1. The second-order valence-corrected chi connectivity index (χ2v) is 5.52. The van der Waals surface area contributed by atoms with E-state index in [9.17, 15) is 4.79 Å². The zero-order valence-electron chi connectivity index (χ0n) is 12.3. The summed E-state index contributed by atoms with van der Waals surface area (Å²) in [6.45, 7) is 2.00. The molecule has 21 heavy (non-hydrogen) atoms. The molecule has 0 fully saturated rings. The Morgan fingerprint density at radius 2 is 1.81 bits per heavy atom. The Morgan fingerprint density at radius 3 is 2.52 bits per heavy atom. The van der Waals surface area contributed by atoms with E-state index < -0.39 is 0 Å². The van der Waals surface area contributed by atoms with Crippen LogP contribution in [0.3, 0.4) is 0 Å². The van der Waals surface area contributed by atoms with Crippen LogP contribution in [0.25, 0.3) is 0 Å². The molecule has 0 saturated carbocycles. The Bertz CT molecular complexity index is 649. The molecule has 0 aromatic heterocycles. The Hall–Kier alpha value is -2.29. The molecule has 2 aromatic carbocycles. The summed E-state index contributed by atoms with van der Waals surface area (Å²) in [5, 5.41) is 3.03. The van der Waals surface area contributed by atoms with Crippen LogP contribution < -0.4 is 10.1 Å². The van der Waals surface area contributed by atoms with Crippen molar-refractivity contribution in [3.63, 3.8) is 0 Å². The minimum Gasteiger partial charge on any atom is -0.497 e. The van der Waals surface area contributed by atoms with Gasteiger partial charge >= 0.3 is 0 Å². The number of fused-ring (bicyclic) bond motifs is 1. The average molecular weight is 281 g/mol. The summed E-state index contributed by atoms with van der Waals surface area (Å²) in [7, 11) is 1.66. The van der Waals surface area contributed by atoms with E-state index in [0.29, 0.717) is 0 Å². The third-order valence-electron chi connectivity index (χ3n) is 4.28. The Labute approximate surface area is 124 Å². The van der Waals surface area contributed by atoms with Crippen molar-refractivity contribution in [1.29, 1.82) is 0 Å². The van der Waals surface area contributed by atoms with E-state index in [1.165, 1.54) is 11.1 Å². The van der Waals surface area contributed by atoms with E-state index in [0.717, 1.165) is 17.9 Å². The summed E-state index contributed by atoms with van der Waals surface area (Å²) in [4.78, 5) is 12.3. The Morgan fingerprint density at radius 1 is 1.10 bits per heavy atom. The van der Waals surface area contributed by atoms with Gasteiger partial charge in [0.25, 0.3) is 0 Å². The Kier molecular flexibility index (Phi) is 3.65. The van der Waals surface area contributed by atoms with Gasteiger partial charge in [-0.3, -0.25) is 4.79 Å². The van der Waals surface area contributed by atoms with Crippen molar-refractivity contribution in [2.45, 2.75) is 19.3 Å². The molecular weight excluding hydrogens is 262 g/mol. The van der Waals surface area contributed by atoms with E-state index in [1.54, 1.807) is 7.11 Å². The number of hydrogen-bond donors (Lipinski definition) is 1. The number of methoxy groups -OCH3 is 1. The van der Waals surface area contributed by atoms with Crippen LogP contribution in [0.2, 0.25) is 0 Å². The average Bonchev–Trinajstić information content (AvgIpc) is 2.65. The van der Waals surface area contributed by atoms with Crippen molar-refractivity contribution in [1.82, 2.24) is 0 Å². The number of amides is 1.